The number of carbonyl (C=O) groups is 2. The maximum Gasteiger partial charge on any atom is 0.238 e. The Morgan fingerprint density at radius 2 is 1.76 bits per heavy atom. The lowest BCUT2D eigenvalue weighted by Gasteiger charge is -2.32. The summed E-state index contributed by atoms with van der Waals surface area (Å²) < 4.78 is 0. The van der Waals surface area contributed by atoms with Gasteiger partial charge in [0.15, 0.2) is 5.17 Å². The first kappa shape index (κ1) is 23.4. The van der Waals surface area contributed by atoms with E-state index in [0.717, 1.165) is 5.56 Å². The summed E-state index contributed by atoms with van der Waals surface area (Å²) in [7, 11) is 0. The average molecular weight is 498 g/mol. The highest BCUT2D eigenvalue weighted by Crippen LogP contribution is 2.30. The van der Waals surface area contributed by atoms with Crippen molar-refractivity contribution in [1.82, 2.24) is 4.90 Å². The van der Waals surface area contributed by atoms with Crippen LogP contribution in [0.2, 0.25) is 10.0 Å². The SMILES string of the molecule is O=C(Nc1cccc(Cl)c1)C1CC(=O)N(CCc2ccccc2)C(=Nc2ccc(Cl)cc2)S1. The number of carbonyl (C=O) groups excluding carboxylic acids is 2. The quantitative estimate of drug-likeness (QED) is 0.441. The number of rotatable bonds is 6. The second kappa shape index (κ2) is 10.9. The van der Waals surface area contributed by atoms with Crippen molar-refractivity contribution in [2.45, 2.75) is 18.1 Å². The second-order valence-corrected chi connectivity index (χ2v) is 9.50. The van der Waals surface area contributed by atoms with Crippen molar-refractivity contribution in [3.05, 3.63) is 94.5 Å². The smallest absolute Gasteiger partial charge is 0.238 e. The van der Waals surface area contributed by atoms with E-state index >= 15 is 0 Å². The average Bonchev–Trinajstić information content (AvgIpc) is 2.80. The summed E-state index contributed by atoms with van der Waals surface area (Å²) in [5.41, 5.74) is 2.38. The highest BCUT2D eigenvalue weighted by molar-refractivity contribution is 8.15. The third-order valence-electron chi connectivity index (χ3n) is 5.04. The fourth-order valence-corrected chi connectivity index (χ4v) is 4.80. The fraction of sp³-hybridized carbons (Fsp3) is 0.160. The van der Waals surface area contributed by atoms with Crippen molar-refractivity contribution >= 4 is 63.3 Å². The normalized spacial score (nSPS) is 17.3. The first-order valence-corrected chi connectivity index (χ1v) is 12.0. The number of thioether (sulfide) groups is 1. The molecule has 3 aromatic carbocycles. The number of hydrogen-bond acceptors (Lipinski definition) is 4. The number of nitrogens with zero attached hydrogens (tertiary/aromatic N) is 2. The molecule has 1 unspecified atom stereocenters. The second-order valence-electron chi connectivity index (χ2n) is 7.46. The van der Waals surface area contributed by atoms with Crippen LogP contribution in [0.4, 0.5) is 11.4 Å². The van der Waals surface area contributed by atoms with Gasteiger partial charge in [-0.25, -0.2) is 4.99 Å². The summed E-state index contributed by atoms with van der Waals surface area (Å²) in [6.45, 7) is 0.477. The molecule has 1 atom stereocenters. The molecule has 0 bridgehead atoms. The van der Waals surface area contributed by atoms with Crippen LogP contribution in [-0.4, -0.2) is 33.7 Å². The van der Waals surface area contributed by atoms with Crippen LogP contribution in [0.5, 0.6) is 0 Å². The molecule has 1 aliphatic heterocycles. The number of benzene rings is 3. The predicted octanol–water partition coefficient (Wildman–Crippen LogP) is 6.20. The molecule has 0 radical (unpaired) electrons. The summed E-state index contributed by atoms with van der Waals surface area (Å²) in [5, 5.41) is 3.87. The van der Waals surface area contributed by atoms with Crippen LogP contribution in [-0.2, 0) is 16.0 Å². The molecule has 8 heteroatoms. The number of hydrogen-bond donors (Lipinski definition) is 1. The van der Waals surface area contributed by atoms with E-state index in [9.17, 15) is 9.59 Å². The van der Waals surface area contributed by atoms with Gasteiger partial charge in [0.25, 0.3) is 0 Å². The Hall–Kier alpha value is -2.80. The molecule has 1 fully saturated rings. The van der Waals surface area contributed by atoms with E-state index in [1.807, 2.05) is 30.3 Å². The molecule has 33 heavy (non-hydrogen) atoms. The first-order valence-electron chi connectivity index (χ1n) is 10.4. The molecule has 168 valence electrons. The zero-order chi connectivity index (χ0) is 23.2. The summed E-state index contributed by atoms with van der Waals surface area (Å²) in [4.78, 5) is 32.4. The summed E-state index contributed by atoms with van der Waals surface area (Å²) >= 11 is 13.3. The minimum absolute atomic E-state index is 0.0888. The topological polar surface area (TPSA) is 61.8 Å². The van der Waals surface area contributed by atoms with Gasteiger partial charge in [-0.3, -0.25) is 14.5 Å². The summed E-state index contributed by atoms with van der Waals surface area (Å²) in [6.07, 6.45) is 0.775. The number of amidine groups is 1. The van der Waals surface area contributed by atoms with Gasteiger partial charge in [-0.15, -0.1) is 0 Å². The molecule has 1 heterocycles. The lowest BCUT2D eigenvalue weighted by molar-refractivity contribution is -0.129. The van der Waals surface area contributed by atoms with Crippen molar-refractivity contribution in [3.63, 3.8) is 0 Å². The Labute approximate surface area is 206 Å². The maximum absolute atomic E-state index is 13.1. The molecule has 2 amide bonds. The Bertz CT molecular complexity index is 1170. The standard InChI is InChI=1S/C25H21Cl2N3O2S/c26-18-9-11-20(12-10-18)29-25-30(14-13-17-5-2-1-3-6-17)23(31)16-22(33-25)24(32)28-21-8-4-7-19(27)15-21/h1-12,15,22H,13-14,16H2,(H,28,32). The van der Waals surface area contributed by atoms with E-state index < -0.39 is 5.25 Å². The van der Waals surface area contributed by atoms with Crippen molar-refractivity contribution < 1.29 is 9.59 Å². The molecule has 1 N–H and O–H groups in total. The Kier molecular flexibility index (Phi) is 7.70. The first-order chi connectivity index (χ1) is 16.0. The molecule has 1 saturated heterocycles. The van der Waals surface area contributed by atoms with Crippen LogP contribution < -0.4 is 5.32 Å². The molecule has 0 spiro atoms. The Morgan fingerprint density at radius 3 is 2.48 bits per heavy atom. The zero-order valence-electron chi connectivity index (χ0n) is 17.6. The van der Waals surface area contributed by atoms with E-state index in [-0.39, 0.29) is 18.2 Å². The van der Waals surface area contributed by atoms with Crippen LogP contribution in [0.25, 0.3) is 0 Å². The van der Waals surface area contributed by atoms with Gasteiger partial charge in [-0.1, -0.05) is 71.4 Å². The third kappa shape index (κ3) is 6.38. The van der Waals surface area contributed by atoms with Crippen molar-refractivity contribution in [2.24, 2.45) is 4.99 Å². The van der Waals surface area contributed by atoms with Gasteiger partial charge in [-0.05, 0) is 54.4 Å². The van der Waals surface area contributed by atoms with Crippen LogP contribution in [0.3, 0.4) is 0 Å². The van der Waals surface area contributed by atoms with E-state index in [1.54, 1.807) is 53.4 Å². The molecule has 0 aromatic heterocycles. The predicted molar refractivity (Wildman–Crippen MR) is 136 cm³/mol. The van der Waals surface area contributed by atoms with Crippen molar-refractivity contribution in [3.8, 4) is 0 Å². The van der Waals surface area contributed by atoms with Crippen LogP contribution in [0, 0.1) is 0 Å². The number of anilines is 1. The monoisotopic (exact) mass is 497 g/mol. The molecular formula is C25H21Cl2N3O2S. The highest BCUT2D eigenvalue weighted by atomic mass is 35.5. The lowest BCUT2D eigenvalue weighted by atomic mass is 10.1. The van der Waals surface area contributed by atoms with Crippen LogP contribution in [0.1, 0.15) is 12.0 Å². The van der Waals surface area contributed by atoms with Gasteiger partial charge in [0, 0.05) is 28.7 Å². The number of halogens is 2. The fourth-order valence-electron chi connectivity index (χ4n) is 3.36. The molecular weight excluding hydrogens is 477 g/mol. The number of aliphatic imine (C=N–C) groups is 1. The minimum atomic E-state index is -0.601. The zero-order valence-corrected chi connectivity index (χ0v) is 19.9. The van der Waals surface area contributed by atoms with Crippen LogP contribution >= 0.6 is 35.0 Å². The van der Waals surface area contributed by atoms with Gasteiger partial charge in [0.2, 0.25) is 11.8 Å². The van der Waals surface area contributed by atoms with Crippen molar-refractivity contribution in [1.29, 1.82) is 0 Å². The molecule has 1 aliphatic rings. The van der Waals surface area contributed by atoms with Gasteiger partial charge in [0.1, 0.15) is 5.25 Å². The van der Waals surface area contributed by atoms with Gasteiger partial charge in [-0.2, -0.15) is 0 Å². The van der Waals surface area contributed by atoms with Crippen molar-refractivity contribution in [2.75, 3.05) is 11.9 Å². The van der Waals surface area contributed by atoms with Gasteiger partial charge in [0.05, 0.1) is 5.69 Å². The van der Waals surface area contributed by atoms with E-state index in [2.05, 4.69) is 10.3 Å². The van der Waals surface area contributed by atoms with Gasteiger partial charge >= 0.3 is 0 Å². The molecule has 0 saturated carbocycles. The summed E-state index contributed by atoms with van der Waals surface area (Å²) in [5.74, 6) is -0.397. The number of nitrogens with one attached hydrogen (secondary N) is 1. The Balaban J connectivity index is 1.55. The molecule has 4 rings (SSSR count). The molecule has 0 aliphatic carbocycles. The lowest BCUT2D eigenvalue weighted by Crippen LogP contribution is -2.46. The largest absolute Gasteiger partial charge is 0.325 e. The van der Waals surface area contributed by atoms with Crippen LogP contribution in [0.15, 0.2) is 83.9 Å². The van der Waals surface area contributed by atoms with E-state index in [1.165, 1.54) is 11.8 Å². The van der Waals surface area contributed by atoms with Gasteiger partial charge < -0.3 is 5.32 Å². The van der Waals surface area contributed by atoms with E-state index in [4.69, 9.17) is 23.2 Å². The number of amides is 2. The third-order valence-corrected chi connectivity index (χ3v) is 6.72. The Morgan fingerprint density at radius 1 is 1.00 bits per heavy atom. The van der Waals surface area contributed by atoms with E-state index in [0.29, 0.717) is 39.6 Å². The summed E-state index contributed by atoms with van der Waals surface area (Å²) in [6, 6.07) is 23.9. The molecule has 5 nitrogen and oxygen atoms in total. The maximum atomic E-state index is 13.1. The highest BCUT2D eigenvalue weighted by Gasteiger charge is 2.35. The minimum Gasteiger partial charge on any atom is -0.325 e. The molecule has 3 aromatic rings.